The second-order valence-corrected chi connectivity index (χ2v) is 6.57. The number of nitrogens with one attached hydrogen (secondary N) is 1. The molecular weight excluding hydrogens is 309 g/mol. The van der Waals surface area contributed by atoms with Crippen LogP contribution in [0.25, 0.3) is 0 Å². The lowest BCUT2D eigenvalue weighted by molar-refractivity contribution is 0.0110. The Hall–Kier alpha value is -0.480. The minimum atomic E-state index is 0.258. The van der Waals surface area contributed by atoms with E-state index in [4.69, 9.17) is 32.7 Å². The highest BCUT2D eigenvalue weighted by atomic mass is 35.5. The Morgan fingerprint density at radius 2 is 2.05 bits per heavy atom. The molecule has 0 aliphatic carbocycles. The maximum Gasteiger partial charge on any atom is 0.142 e. The van der Waals surface area contributed by atoms with Crippen LogP contribution in [0.4, 0.5) is 0 Å². The first-order chi connectivity index (χ1) is 10.2. The summed E-state index contributed by atoms with van der Waals surface area (Å²) in [7, 11) is 0. The van der Waals surface area contributed by atoms with Crippen LogP contribution in [0.2, 0.25) is 10.0 Å². The molecule has 1 aromatic rings. The topological polar surface area (TPSA) is 30.5 Å². The Kier molecular flexibility index (Phi) is 5.28. The number of fused-ring (bicyclic) bond motifs is 1. The molecule has 0 radical (unpaired) electrons. The standard InChI is InChI=1S/C16H21Cl2NO2/c17-11-9-13-15(5-8-21-16(13)14(18)10-11)19-6-4-12-3-1-2-7-20-12/h9-10,12,15,19H,1-8H2. The van der Waals surface area contributed by atoms with Gasteiger partial charge in [0.2, 0.25) is 0 Å². The molecule has 2 unspecified atom stereocenters. The number of ether oxygens (including phenoxy) is 2. The quantitative estimate of drug-likeness (QED) is 0.889. The number of benzene rings is 1. The molecule has 1 fully saturated rings. The third-order valence-corrected chi connectivity index (χ3v) is 4.70. The Morgan fingerprint density at radius 1 is 1.14 bits per heavy atom. The van der Waals surface area contributed by atoms with Gasteiger partial charge in [-0.1, -0.05) is 23.2 Å². The predicted octanol–water partition coefficient (Wildman–Crippen LogP) is 4.37. The van der Waals surface area contributed by atoms with E-state index in [9.17, 15) is 0 Å². The zero-order valence-electron chi connectivity index (χ0n) is 12.0. The van der Waals surface area contributed by atoms with E-state index in [-0.39, 0.29) is 6.04 Å². The second kappa shape index (κ2) is 7.19. The van der Waals surface area contributed by atoms with Crippen molar-refractivity contribution in [3.05, 3.63) is 27.7 Å². The summed E-state index contributed by atoms with van der Waals surface area (Å²) >= 11 is 12.3. The Balaban J connectivity index is 1.60. The molecule has 0 aromatic heterocycles. The first-order valence-electron chi connectivity index (χ1n) is 7.71. The van der Waals surface area contributed by atoms with Crippen molar-refractivity contribution in [3.8, 4) is 5.75 Å². The van der Waals surface area contributed by atoms with Crippen LogP contribution in [0.3, 0.4) is 0 Å². The van der Waals surface area contributed by atoms with E-state index >= 15 is 0 Å². The molecule has 1 N–H and O–H groups in total. The van der Waals surface area contributed by atoms with E-state index in [0.717, 1.165) is 37.3 Å². The number of rotatable bonds is 4. The highest BCUT2D eigenvalue weighted by Gasteiger charge is 2.24. The molecule has 2 atom stereocenters. The zero-order valence-corrected chi connectivity index (χ0v) is 13.6. The minimum absolute atomic E-state index is 0.258. The maximum absolute atomic E-state index is 6.21. The molecule has 3 nitrogen and oxygen atoms in total. The van der Waals surface area contributed by atoms with Gasteiger partial charge in [0.25, 0.3) is 0 Å². The lowest BCUT2D eigenvalue weighted by Crippen LogP contribution is -2.31. The molecule has 116 valence electrons. The van der Waals surface area contributed by atoms with Gasteiger partial charge in [-0.25, -0.2) is 0 Å². The van der Waals surface area contributed by atoms with Crippen LogP contribution >= 0.6 is 23.2 Å². The molecule has 21 heavy (non-hydrogen) atoms. The average molecular weight is 330 g/mol. The van der Waals surface area contributed by atoms with E-state index in [0.29, 0.717) is 22.8 Å². The summed E-state index contributed by atoms with van der Waals surface area (Å²) in [6.07, 6.45) is 6.08. The van der Waals surface area contributed by atoms with E-state index < -0.39 is 0 Å². The summed E-state index contributed by atoms with van der Waals surface area (Å²) < 4.78 is 11.4. The van der Waals surface area contributed by atoms with Crippen LogP contribution in [0.1, 0.15) is 43.7 Å². The van der Waals surface area contributed by atoms with Gasteiger partial charge in [-0.2, -0.15) is 0 Å². The molecule has 1 saturated heterocycles. The molecule has 5 heteroatoms. The molecule has 1 aromatic carbocycles. The van der Waals surface area contributed by atoms with Crippen LogP contribution in [0.15, 0.2) is 12.1 Å². The smallest absolute Gasteiger partial charge is 0.142 e. The van der Waals surface area contributed by atoms with Gasteiger partial charge < -0.3 is 14.8 Å². The van der Waals surface area contributed by atoms with Crippen molar-refractivity contribution in [2.45, 2.75) is 44.2 Å². The third kappa shape index (κ3) is 3.84. The molecule has 0 amide bonds. The molecule has 0 saturated carbocycles. The van der Waals surface area contributed by atoms with Crippen molar-refractivity contribution < 1.29 is 9.47 Å². The number of hydrogen-bond acceptors (Lipinski definition) is 3. The molecule has 0 spiro atoms. The Labute approximate surface area is 135 Å². The summed E-state index contributed by atoms with van der Waals surface area (Å²) in [5.74, 6) is 0.777. The Morgan fingerprint density at radius 3 is 2.86 bits per heavy atom. The lowest BCUT2D eigenvalue weighted by atomic mass is 10.00. The average Bonchev–Trinajstić information content (AvgIpc) is 2.49. The van der Waals surface area contributed by atoms with Crippen molar-refractivity contribution in [2.75, 3.05) is 19.8 Å². The minimum Gasteiger partial charge on any atom is -0.492 e. The highest BCUT2D eigenvalue weighted by Crippen LogP contribution is 2.39. The highest BCUT2D eigenvalue weighted by molar-refractivity contribution is 6.35. The fraction of sp³-hybridized carbons (Fsp3) is 0.625. The van der Waals surface area contributed by atoms with Crippen molar-refractivity contribution in [2.24, 2.45) is 0 Å². The van der Waals surface area contributed by atoms with E-state index in [1.54, 1.807) is 6.07 Å². The van der Waals surface area contributed by atoms with Gasteiger partial charge in [0.05, 0.1) is 17.7 Å². The summed E-state index contributed by atoms with van der Waals surface area (Å²) in [5.41, 5.74) is 1.07. The first kappa shape index (κ1) is 15.4. The Bertz CT molecular complexity index is 489. The van der Waals surface area contributed by atoms with Crippen molar-refractivity contribution in [1.29, 1.82) is 0 Å². The van der Waals surface area contributed by atoms with E-state index in [1.165, 1.54) is 19.3 Å². The monoisotopic (exact) mass is 329 g/mol. The second-order valence-electron chi connectivity index (χ2n) is 5.73. The molecule has 2 aliphatic heterocycles. The van der Waals surface area contributed by atoms with Gasteiger partial charge in [0.15, 0.2) is 0 Å². The van der Waals surface area contributed by atoms with Crippen LogP contribution in [-0.2, 0) is 4.74 Å². The van der Waals surface area contributed by atoms with Crippen LogP contribution < -0.4 is 10.1 Å². The fourth-order valence-corrected chi connectivity index (χ4v) is 3.66. The van der Waals surface area contributed by atoms with Crippen molar-refractivity contribution in [1.82, 2.24) is 5.32 Å². The van der Waals surface area contributed by atoms with Gasteiger partial charge in [-0.3, -0.25) is 0 Å². The molecule has 2 heterocycles. The van der Waals surface area contributed by atoms with Gasteiger partial charge >= 0.3 is 0 Å². The lowest BCUT2D eigenvalue weighted by Gasteiger charge is -2.29. The van der Waals surface area contributed by atoms with Crippen LogP contribution in [0.5, 0.6) is 5.75 Å². The van der Waals surface area contributed by atoms with E-state index in [2.05, 4.69) is 5.32 Å². The molecular formula is C16H21Cl2NO2. The van der Waals surface area contributed by atoms with Gasteiger partial charge in [0.1, 0.15) is 5.75 Å². The largest absolute Gasteiger partial charge is 0.492 e. The first-order valence-corrected chi connectivity index (χ1v) is 8.46. The van der Waals surface area contributed by atoms with Gasteiger partial charge in [-0.05, 0) is 44.4 Å². The number of halogens is 2. The predicted molar refractivity (Wildman–Crippen MR) is 85.5 cm³/mol. The molecule has 0 bridgehead atoms. The maximum atomic E-state index is 6.21. The van der Waals surface area contributed by atoms with Gasteiger partial charge in [-0.15, -0.1) is 0 Å². The van der Waals surface area contributed by atoms with Crippen molar-refractivity contribution in [3.63, 3.8) is 0 Å². The summed E-state index contributed by atoms with van der Waals surface area (Å²) in [4.78, 5) is 0. The summed E-state index contributed by atoms with van der Waals surface area (Å²) in [6, 6.07) is 3.95. The zero-order chi connectivity index (χ0) is 14.7. The fourth-order valence-electron chi connectivity index (χ4n) is 3.09. The normalized spacial score (nSPS) is 25.2. The molecule has 2 aliphatic rings. The SMILES string of the molecule is Clc1cc(Cl)c2c(c1)C(NCCC1CCCCO1)CCO2. The number of hydrogen-bond donors (Lipinski definition) is 1. The van der Waals surface area contributed by atoms with Crippen molar-refractivity contribution >= 4 is 23.2 Å². The van der Waals surface area contributed by atoms with Gasteiger partial charge in [0, 0.05) is 29.7 Å². The van der Waals surface area contributed by atoms with Crippen LogP contribution in [-0.4, -0.2) is 25.9 Å². The molecule has 3 rings (SSSR count). The summed E-state index contributed by atoms with van der Waals surface area (Å²) in [5, 5.41) is 4.86. The summed E-state index contributed by atoms with van der Waals surface area (Å²) in [6.45, 7) is 2.54. The van der Waals surface area contributed by atoms with E-state index in [1.807, 2.05) is 6.07 Å². The third-order valence-electron chi connectivity index (χ3n) is 4.20. The van der Waals surface area contributed by atoms with Crippen LogP contribution in [0, 0.1) is 0 Å².